The van der Waals surface area contributed by atoms with Crippen LogP contribution in [0.15, 0.2) is 65.8 Å². The largest absolute Gasteiger partial charge is 0.334 e. The van der Waals surface area contributed by atoms with Crippen molar-refractivity contribution in [1.82, 2.24) is 19.7 Å². The van der Waals surface area contributed by atoms with Crippen LogP contribution < -0.4 is 0 Å². The molecule has 5 nitrogen and oxygen atoms in total. The van der Waals surface area contributed by atoms with Gasteiger partial charge in [-0.25, -0.2) is 0 Å². The lowest BCUT2D eigenvalue weighted by atomic mass is 9.97. The average Bonchev–Trinajstić information content (AvgIpc) is 3.72. The maximum Gasteiger partial charge on any atom is 0.233 e. The predicted molar refractivity (Wildman–Crippen MR) is 118 cm³/mol. The van der Waals surface area contributed by atoms with Crippen LogP contribution in [0.2, 0.25) is 0 Å². The van der Waals surface area contributed by atoms with Crippen LogP contribution in [-0.2, 0) is 4.79 Å². The fraction of sp³-hybridized carbons (Fsp3) is 0.375. The number of amides is 1. The normalized spacial score (nSPS) is 16.1. The summed E-state index contributed by atoms with van der Waals surface area (Å²) in [5.41, 5.74) is 2.23. The number of hydrogen-bond donors (Lipinski definition) is 0. The Balaban J connectivity index is 1.34. The van der Waals surface area contributed by atoms with Crippen molar-refractivity contribution in [3.05, 3.63) is 77.6 Å². The van der Waals surface area contributed by atoms with Crippen molar-refractivity contribution >= 4 is 17.7 Å². The number of nitrogens with zero attached hydrogens (tertiary/aromatic N) is 4. The van der Waals surface area contributed by atoms with Crippen molar-refractivity contribution in [3.8, 4) is 0 Å². The molecule has 154 valence electrons. The van der Waals surface area contributed by atoms with Gasteiger partial charge >= 0.3 is 0 Å². The zero-order valence-corrected chi connectivity index (χ0v) is 18.0. The maximum absolute atomic E-state index is 13.2. The summed E-state index contributed by atoms with van der Waals surface area (Å²) in [4.78, 5) is 15.1. The molecular weight excluding hydrogens is 392 g/mol. The summed E-state index contributed by atoms with van der Waals surface area (Å²) in [6, 6.07) is 20.9. The van der Waals surface area contributed by atoms with Gasteiger partial charge in [-0.15, -0.1) is 10.2 Å². The van der Waals surface area contributed by atoms with E-state index in [0.717, 1.165) is 22.1 Å². The second-order valence-electron chi connectivity index (χ2n) is 8.23. The highest BCUT2D eigenvalue weighted by Gasteiger charge is 2.36. The van der Waals surface area contributed by atoms with E-state index in [1.807, 2.05) is 48.3 Å². The van der Waals surface area contributed by atoms with E-state index in [2.05, 4.69) is 39.0 Å². The highest BCUT2D eigenvalue weighted by Crippen LogP contribution is 2.46. The van der Waals surface area contributed by atoms with Crippen LogP contribution in [-0.4, -0.2) is 38.4 Å². The van der Waals surface area contributed by atoms with Crippen molar-refractivity contribution in [3.63, 3.8) is 0 Å². The standard InChI is InChI=1S/C24H26N4OS/c1-27(22(17-8-4-2-5-9-17)18-10-6-3-7-11-18)21(29)16-30-24-26-25-23(19-12-13-19)28(24)20-14-15-20/h2-11,19-20,22H,12-16H2,1H3. The predicted octanol–water partition coefficient (Wildman–Crippen LogP) is 4.83. The van der Waals surface area contributed by atoms with Crippen molar-refractivity contribution in [2.24, 2.45) is 0 Å². The molecule has 0 saturated heterocycles. The van der Waals surface area contributed by atoms with Crippen molar-refractivity contribution in [1.29, 1.82) is 0 Å². The molecule has 2 aliphatic carbocycles. The molecule has 0 radical (unpaired) electrons. The third kappa shape index (κ3) is 4.01. The molecule has 0 unspecified atom stereocenters. The fourth-order valence-electron chi connectivity index (χ4n) is 3.97. The molecule has 0 N–H and O–H groups in total. The summed E-state index contributed by atoms with van der Waals surface area (Å²) in [6.07, 6.45) is 4.83. The first-order valence-electron chi connectivity index (χ1n) is 10.7. The highest BCUT2D eigenvalue weighted by atomic mass is 32.2. The van der Waals surface area contributed by atoms with Gasteiger partial charge in [-0.3, -0.25) is 4.79 Å². The summed E-state index contributed by atoms with van der Waals surface area (Å²) in [5, 5.41) is 9.80. The molecule has 2 aliphatic rings. The first kappa shape index (κ1) is 19.4. The van der Waals surface area contributed by atoms with Gasteiger partial charge in [0, 0.05) is 19.0 Å². The number of thioether (sulfide) groups is 1. The van der Waals surface area contributed by atoms with E-state index < -0.39 is 0 Å². The maximum atomic E-state index is 13.2. The lowest BCUT2D eigenvalue weighted by Gasteiger charge is -2.29. The van der Waals surface area contributed by atoms with Gasteiger partial charge in [0.05, 0.1) is 11.8 Å². The summed E-state index contributed by atoms with van der Waals surface area (Å²) >= 11 is 1.52. The third-order valence-corrected chi connectivity index (χ3v) is 6.81. The molecule has 2 aromatic carbocycles. The van der Waals surface area contributed by atoms with E-state index in [-0.39, 0.29) is 11.9 Å². The smallest absolute Gasteiger partial charge is 0.233 e. The Morgan fingerprint density at radius 2 is 1.60 bits per heavy atom. The molecule has 1 aromatic heterocycles. The van der Waals surface area contributed by atoms with Gasteiger partial charge in [0.1, 0.15) is 5.82 Å². The van der Waals surface area contributed by atoms with E-state index in [1.165, 1.54) is 37.4 Å². The third-order valence-electron chi connectivity index (χ3n) is 5.88. The molecule has 0 aliphatic heterocycles. The van der Waals surface area contributed by atoms with Gasteiger partial charge in [0.15, 0.2) is 5.16 Å². The van der Waals surface area contributed by atoms with Crippen LogP contribution in [0, 0.1) is 0 Å². The van der Waals surface area contributed by atoms with Gasteiger partial charge in [0.2, 0.25) is 5.91 Å². The lowest BCUT2D eigenvalue weighted by molar-refractivity contribution is -0.128. The minimum absolute atomic E-state index is 0.0935. The van der Waals surface area contributed by atoms with E-state index in [0.29, 0.717) is 17.7 Å². The molecule has 2 fully saturated rings. The Bertz CT molecular complexity index is 973. The Morgan fingerprint density at radius 1 is 1.00 bits per heavy atom. The summed E-state index contributed by atoms with van der Waals surface area (Å²) in [7, 11) is 1.90. The molecular formula is C24H26N4OS. The summed E-state index contributed by atoms with van der Waals surface area (Å²) < 4.78 is 2.31. The van der Waals surface area contributed by atoms with Crippen LogP contribution >= 0.6 is 11.8 Å². The zero-order valence-electron chi connectivity index (χ0n) is 17.1. The van der Waals surface area contributed by atoms with Gasteiger partial charge in [-0.1, -0.05) is 72.4 Å². The van der Waals surface area contributed by atoms with Crippen LogP contribution in [0.1, 0.15) is 60.6 Å². The number of carbonyl (C=O) groups is 1. The van der Waals surface area contributed by atoms with E-state index in [9.17, 15) is 4.79 Å². The molecule has 1 amide bonds. The monoisotopic (exact) mass is 418 g/mol. The minimum Gasteiger partial charge on any atom is -0.334 e. The van der Waals surface area contributed by atoms with Crippen LogP contribution in [0.4, 0.5) is 0 Å². The first-order chi connectivity index (χ1) is 14.7. The second-order valence-corrected chi connectivity index (χ2v) is 9.18. The number of benzene rings is 2. The Labute approximate surface area is 181 Å². The average molecular weight is 419 g/mol. The van der Waals surface area contributed by atoms with Gasteiger partial charge in [-0.2, -0.15) is 0 Å². The number of rotatable bonds is 8. The second kappa shape index (κ2) is 8.26. The molecule has 3 aromatic rings. The van der Waals surface area contributed by atoms with Crippen LogP contribution in [0.3, 0.4) is 0 Å². The Morgan fingerprint density at radius 3 is 2.13 bits per heavy atom. The molecule has 0 bridgehead atoms. The fourth-order valence-corrected chi connectivity index (χ4v) is 4.90. The van der Waals surface area contributed by atoms with E-state index in [1.54, 1.807) is 0 Å². The van der Waals surface area contributed by atoms with Crippen molar-refractivity contribution in [2.75, 3.05) is 12.8 Å². The topological polar surface area (TPSA) is 51.0 Å². The van der Waals surface area contributed by atoms with E-state index >= 15 is 0 Å². The highest BCUT2D eigenvalue weighted by molar-refractivity contribution is 7.99. The SMILES string of the molecule is CN(C(=O)CSc1nnc(C2CC2)n1C1CC1)C(c1ccccc1)c1ccccc1. The summed E-state index contributed by atoms with van der Waals surface area (Å²) in [6.45, 7) is 0. The Hall–Kier alpha value is -2.60. The van der Waals surface area contributed by atoms with Crippen LogP contribution in [0.25, 0.3) is 0 Å². The molecule has 6 heteroatoms. The van der Waals surface area contributed by atoms with Gasteiger partial charge < -0.3 is 9.47 Å². The Kier molecular flexibility index (Phi) is 5.34. The molecule has 30 heavy (non-hydrogen) atoms. The van der Waals surface area contributed by atoms with Gasteiger partial charge in [-0.05, 0) is 36.8 Å². The molecule has 5 rings (SSSR count). The zero-order chi connectivity index (χ0) is 20.5. The molecule has 2 saturated carbocycles. The molecule has 1 heterocycles. The molecule has 0 spiro atoms. The van der Waals surface area contributed by atoms with E-state index in [4.69, 9.17) is 0 Å². The first-order valence-corrected chi connectivity index (χ1v) is 11.6. The van der Waals surface area contributed by atoms with Crippen molar-refractivity contribution < 1.29 is 4.79 Å². The number of hydrogen-bond acceptors (Lipinski definition) is 4. The number of aromatic nitrogens is 3. The minimum atomic E-state index is -0.108. The lowest BCUT2D eigenvalue weighted by Crippen LogP contribution is -2.33. The number of carbonyl (C=O) groups excluding carboxylic acids is 1. The summed E-state index contributed by atoms with van der Waals surface area (Å²) in [5.74, 6) is 2.16. The molecule has 0 atom stereocenters. The quantitative estimate of drug-likeness (QED) is 0.492. The van der Waals surface area contributed by atoms with Crippen LogP contribution in [0.5, 0.6) is 0 Å². The van der Waals surface area contributed by atoms with Crippen molar-refractivity contribution in [2.45, 2.75) is 48.8 Å². The van der Waals surface area contributed by atoms with Gasteiger partial charge in [0.25, 0.3) is 0 Å².